The molecule has 124 valence electrons. The smallest absolute Gasteiger partial charge is 0.330 e. The Bertz CT molecular complexity index is 632. The van der Waals surface area contributed by atoms with Crippen LogP contribution in [0.15, 0.2) is 18.2 Å². The molecule has 0 radical (unpaired) electrons. The molecule has 0 bridgehead atoms. The summed E-state index contributed by atoms with van der Waals surface area (Å²) in [7, 11) is 1.31. The van der Waals surface area contributed by atoms with Gasteiger partial charge >= 0.3 is 5.97 Å². The first-order valence-electron chi connectivity index (χ1n) is 7.45. The Labute approximate surface area is 138 Å². The highest BCUT2D eigenvalue weighted by atomic mass is 32.1. The van der Waals surface area contributed by atoms with Crippen LogP contribution in [0.25, 0.3) is 0 Å². The Balaban J connectivity index is 1.82. The number of aryl methyl sites for hydroxylation is 1. The molecule has 2 rings (SSSR count). The largest absolute Gasteiger partial charge is 0.466 e. The van der Waals surface area contributed by atoms with Crippen molar-refractivity contribution >= 4 is 34.1 Å². The van der Waals surface area contributed by atoms with Crippen LogP contribution in [0.2, 0.25) is 0 Å². The Morgan fingerprint density at radius 2 is 2.13 bits per heavy atom. The number of methoxy groups -OCH3 is 1. The van der Waals surface area contributed by atoms with Gasteiger partial charge in [-0.05, 0) is 37.8 Å². The molecule has 0 spiro atoms. The molecule has 0 atom stereocenters. The SMILES string of the molecule is COC(=O)/C=C/CCNC(=O)c1sc(NC(=O)C2CC2)cc1C. The van der Waals surface area contributed by atoms with Gasteiger partial charge in [-0.25, -0.2) is 4.79 Å². The minimum atomic E-state index is -0.415. The van der Waals surface area contributed by atoms with Crippen LogP contribution in [0.3, 0.4) is 0 Å². The highest BCUT2D eigenvalue weighted by molar-refractivity contribution is 7.18. The zero-order chi connectivity index (χ0) is 16.8. The second-order valence-corrected chi connectivity index (χ2v) is 6.41. The fourth-order valence-electron chi connectivity index (χ4n) is 1.94. The van der Waals surface area contributed by atoms with E-state index in [1.165, 1.54) is 24.5 Å². The first kappa shape index (κ1) is 17.2. The molecule has 2 N–H and O–H groups in total. The van der Waals surface area contributed by atoms with Crippen molar-refractivity contribution in [3.63, 3.8) is 0 Å². The van der Waals surface area contributed by atoms with Crippen molar-refractivity contribution in [1.29, 1.82) is 0 Å². The van der Waals surface area contributed by atoms with Crippen molar-refractivity contribution in [3.05, 3.63) is 28.7 Å². The number of anilines is 1. The third-order valence-corrected chi connectivity index (χ3v) is 4.52. The van der Waals surface area contributed by atoms with Crippen LogP contribution >= 0.6 is 11.3 Å². The fraction of sp³-hybridized carbons (Fsp3) is 0.438. The van der Waals surface area contributed by atoms with Crippen LogP contribution in [-0.2, 0) is 14.3 Å². The molecule has 1 fully saturated rings. The third kappa shape index (κ3) is 5.21. The lowest BCUT2D eigenvalue weighted by molar-refractivity contribution is -0.134. The van der Waals surface area contributed by atoms with Gasteiger partial charge < -0.3 is 15.4 Å². The van der Waals surface area contributed by atoms with Gasteiger partial charge in [0.2, 0.25) is 5.91 Å². The molecule has 6 nitrogen and oxygen atoms in total. The van der Waals surface area contributed by atoms with Crippen molar-refractivity contribution in [2.45, 2.75) is 26.2 Å². The average molecular weight is 336 g/mol. The van der Waals surface area contributed by atoms with E-state index in [0.717, 1.165) is 18.4 Å². The molecule has 1 heterocycles. The summed E-state index contributed by atoms with van der Waals surface area (Å²) in [6, 6.07) is 1.82. The number of ether oxygens (including phenoxy) is 1. The second kappa shape index (κ2) is 7.92. The number of thiophene rings is 1. The monoisotopic (exact) mass is 336 g/mol. The number of carbonyl (C=O) groups excluding carboxylic acids is 3. The summed E-state index contributed by atoms with van der Waals surface area (Å²) in [5, 5.41) is 6.34. The summed E-state index contributed by atoms with van der Waals surface area (Å²) in [6.07, 6.45) is 5.41. The standard InChI is InChI=1S/C16H20N2O4S/c1-10-9-12(18-15(20)11-6-7-11)23-14(10)16(21)17-8-4-3-5-13(19)22-2/h3,5,9,11H,4,6-8H2,1-2H3,(H,17,21)(H,18,20)/b5-3+. The van der Waals surface area contributed by atoms with Gasteiger partial charge in [-0.3, -0.25) is 9.59 Å². The van der Waals surface area contributed by atoms with Crippen molar-refractivity contribution in [2.75, 3.05) is 19.0 Å². The van der Waals surface area contributed by atoms with Crippen molar-refractivity contribution < 1.29 is 19.1 Å². The Hall–Kier alpha value is -2.15. The van der Waals surface area contributed by atoms with E-state index in [4.69, 9.17) is 0 Å². The second-order valence-electron chi connectivity index (χ2n) is 5.36. The lowest BCUT2D eigenvalue weighted by atomic mass is 10.2. The average Bonchev–Trinajstić information content (AvgIpc) is 3.30. The molecule has 0 aliphatic heterocycles. The summed E-state index contributed by atoms with van der Waals surface area (Å²) in [5.41, 5.74) is 0.837. The van der Waals surface area contributed by atoms with Crippen LogP contribution in [0.4, 0.5) is 5.00 Å². The molecule has 0 saturated heterocycles. The van der Waals surface area contributed by atoms with Crippen molar-refractivity contribution in [3.8, 4) is 0 Å². The van der Waals surface area contributed by atoms with Crippen LogP contribution in [-0.4, -0.2) is 31.4 Å². The van der Waals surface area contributed by atoms with Gasteiger partial charge in [-0.2, -0.15) is 0 Å². The van der Waals surface area contributed by atoms with Gasteiger partial charge in [0.1, 0.15) is 0 Å². The number of hydrogen-bond donors (Lipinski definition) is 2. The molecule has 1 aliphatic carbocycles. The van der Waals surface area contributed by atoms with Gasteiger partial charge in [0.25, 0.3) is 5.91 Å². The molecule has 2 amide bonds. The van der Waals surface area contributed by atoms with E-state index in [1.54, 1.807) is 6.08 Å². The molecule has 1 aromatic heterocycles. The van der Waals surface area contributed by atoms with Crippen LogP contribution in [0.5, 0.6) is 0 Å². The van der Waals surface area contributed by atoms with Crippen LogP contribution in [0, 0.1) is 12.8 Å². The van der Waals surface area contributed by atoms with Gasteiger partial charge in [-0.1, -0.05) is 6.08 Å². The molecule has 1 aromatic rings. The Morgan fingerprint density at radius 3 is 2.78 bits per heavy atom. The van der Waals surface area contributed by atoms with Gasteiger partial charge in [-0.15, -0.1) is 11.3 Å². The van der Waals surface area contributed by atoms with Gasteiger partial charge in [0.15, 0.2) is 0 Å². The van der Waals surface area contributed by atoms with E-state index in [1.807, 2.05) is 13.0 Å². The van der Waals surface area contributed by atoms with E-state index in [9.17, 15) is 14.4 Å². The molecule has 0 aromatic carbocycles. The molecular formula is C16H20N2O4S. The summed E-state index contributed by atoms with van der Waals surface area (Å²) >= 11 is 1.28. The first-order chi connectivity index (χ1) is 11.0. The zero-order valence-electron chi connectivity index (χ0n) is 13.2. The molecular weight excluding hydrogens is 316 g/mol. The third-order valence-electron chi connectivity index (χ3n) is 3.37. The molecule has 1 aliphatic rings. The number of nitrogens with one attached hydrogen (secondary N) is 2. The number of amides is 2. The first-order valence-corrected chi connectivity index (χ1v) is 8.27. The number of carbonyl (C=O) groups is 3. The Kier molecular flexibility index (Phi) is 5.92. The van der Waals surface area contributed by atoms with Gasteiger partial charge in [0, 0.05) is 18.5 Å². The summed E-state index contributed by atoms with van der Waals surface area (Å²) in [4.78, 5) is 35.4. The van der Waals surface area contributed by atoms with Crippen molar-refractivity contribution in [2.24, 2.45) is 5.92 Å². The van der Waals surface area contributed by atoms with Crippen molar-refractivity contribution in [1.82, 2.24) is 5.32 Å². The van der Waals surface area contributed by atoms with Crippen LogP contribution in [0.1, 0.15) is 34.5 Å². The minimum Gasteiger partial charge on any atom is -0.466 e. The Morgan fingerprint density at radius 1 is 1.39 bits per heavy atom. The number of rotatable bonds is 7. The van der Waals surface area contributed by atoms with E-state index in [0.29, 0.717) is 22.8 Å². The molecule has 0 unspecified atom stereocenters. The van der Waals surface area contributed by atoms with E-state index >= 15 is 0 Å². The molecule has 7 heteroatoms. The van der Waals surface area contributed by atoms with Crippen LogP contribution < -0.4 is 10.6 Å². The minimum absolute atomic E-state index is 0.0335. The number of esters is 1. The summed E-state index contributed by atoms with van der Waals surface area (Å²) in [5.74, 6) is -0.421. The predicted molar refractivity (Wildman–Crippen MR) is 88.5 cm³/mol. The van der Waals surface area contributed by atoms with E-state index in [-0.39, 0.29) is 17.7 Å². The highest BCUT2D eigenvalue weighted by Crippen LogP contribution is 2.32. The van der Waals surface area contributed by atoms with Gasteiger partial charge in [0.05, 0.1) is 17.0 Å². The number of hydrogen-bond acceptors (Lipinski definition) is 5. The predicted octanol–water partition coefficient (Wildman–Crippen LogP) is 2.25. The summed E-state index contributed by atoms with van der Waals surface area (Å²) in [6.45, 7) is 2.27. The topological polar surface area (TPSA) is 84.5 Å². The van der Waals surface area contributed by atoms with E-state index in [2.05, 4.69) is 15.4 Å². The summed E-state index contributed by atoms with van der Waals surface area (Å²) < 4.78 is 4.47. The normalized spacial score (nSPS) is 13.8. The molecule has 23 heavy (non-hydrogen) atoms. The lowest BCUT2D eigenvalue weighted by Crippen LogP contribution is -2.23. The lowest BCUT2D eigenvalue weighted by Gasteiger charge is -2.02. The maximum absolute atomic E-state index is 12.1. The molecule has 1 saturated carbocycles. The fourth-order valence-corrected chi connectivity index (χ4v) is 2.93. The maximum Gasteiger partial charge on any atom is 0.330 e. The quantitative estimate of drug-likeness (QED) is 0.454. The van der Waals surface area contributed by atoms with E-state index < -0.39 is 5.97 Å². The zero-order valence-corrected chi connectivity index (χ0v) is 14.0. The maximum atomic E-state index is 12.1. The highest BCUT2D eigenvalue weighted by Gasteiger charge is 2.30.